The molecule has 0 saturated carbocycles. The standard InChI is InChI=1S/C4H5NO3/c6-3-1-4(7)8-5-2-3/h5H,1-2H2. The fourth-order valence-electron chi connectivity index (χ4n) is 0.457. The van der Waals surface area contributed by atoms with E-state index in [-0.39, 0.29) is 18.7 Å². The van der Waals surface area contributed by atoms with Crippen LogP contribution in [0.3, 0.4) is 0 Å². The predicted molar refractivity (Wildman–Crippen MR) is 23.7 cm³/mol. The number of rotatable bonds is 0. The predicted octanol–water partition coefficient (Wildman–Crippen LogP) is -0.993. The van der Waals surface area contributed by atoms with Crippen molar-refractivity contribution in [3.63, 3.8) is 0 Å². The summed E-state index contributed by atoms with van der Waals surface area (Å²) in [4.78, 5) is 24.7. The molecular weight excluding hydrogens is 110 g/mol. The lowest BCUT2D eigenvalue weighted by atomic mass is 10.3. The van der Waals surface area contributed by atoms with Gasteiger partial charge in [-0.05, 0) is 0 Å². The van der Waals surface area contributed by atoms with Crippen molar-refractivity contribution in [3.05, 3.63) is 0 Å². The third-order valence-electron chi connectivity index (χ3n) is 0.797. The summed E-state index contributed by atoms with van der Waals surface area (Å²) in [6.07, 6.45) is -0.0903. The molecule has 0 radical (unpaired) electrons. The van der Waals surface area contributed by atoms with E-state index in [4.69, 9.17) is 0 Å². The van der Waals surface area contributed by atoms with Crippen LogP contribution in [0.15, 0.2) is 0 Å². The summed E-state index contributed by atoms with van der Waals surface area (Å²) >= 11 is 0. The van der Waals surface area contributed by atoms with Gasteiger partial charge in [-0.15, -0.1) is 5.48 Å². The Morgan fingerprint density at radius 2 is 2.25 bits per heavy atom. The van der Waals surface area contributed by atoms with Crippen LogP contribution in [0.1, 0.15) is 6.42 Å². The lowest BCUT2D eigenvalue weighted by Gasteiger charge is -2.08. The second kappa shape index (κ2) is 1.92. The third kappa shape index (κ3) is 1.04. The molecule has 4 heteroatoms. The summed E-state index contributed by atoms with van der Waals surface area (Å²) in [5, 5.41) is 0. The SMILES string of the molecule is O=C1CNOC(=O)C1. The van der Waals surface area contributed by atoms with Gasteiger partial charge >= 0.3 is 5.97 Å². The molecule has 0 unspecified atom stereocenters. The summed E-state index contributed by atoms with van der Waals surface area (Å²) in [5.41, 5.74) is 2.19. The fourth-order valence-corrected chi connectivity index (χ4v) is 0.457. The van der Waals surface area contributed by atoms with Crippen molar-refractivity contribution in [1.29, 1.82) is 0 Å². The molecule has 0 amide bonds. The Morgan fingerprint density at radius 1 is 1.50 bits per heavy atom. The highest BCUT2D eigenvalue weighted by Gasteiger charge is 2.15. The van der Waals surface area contributed by atoms with Gasteiger partial charge < -0.3 is 4.84 Å². The largest absolute Gasteiger partial charge is 0.370 e. The highest BCUT2D eigenvalue weighted by Crippen LogP contribution is 1.90. The molecule has 0 atom stereocenters. The summed E-state index contributed by atoms with van der Waals surface area (Å²) < 4.78 is 0. The van der Waals surface area contributed by atoms with Crippen molar-refractivity contribution < 1.29 is 14.4 Å². The van der Waals surface area contributed by atoms with Gasteiger partial charge in [0.25, 0.3) is 0 Å². The molecule has 0 aromatic rings. The number of hydrogen-bond acceptors (Lipinski definition) is 4. The van der Waals surface area contributed by atoms with Crippen molar-refractivity contribution in [1.82, 2.24) is 5.48 Å². The minimum Gasteiger partial charge on any atom is -0.370 e. The summed E-state index contributed by atoms with van der Waals surface area (Å²) in [6, 6.07) is 0. The number of Topliss-reactive ketones (excluding diaryl/α,β-unsaturated/α-hetero) is 1. The number of hydrogen-bond donors (Lipinski definition) is 1. The Hall–Kier alpha value is -0.900. The number of carbonyl (C=O) groups excluding carboxylic acids is 2. The Kier molecular flexibility index (Phi) is 1.26. The van der Waals surface area contributed by atoms with Crippen LogP contribution in [0.25, 0.3) is 0 Å². The topological polar surface area (TPSA) is 55.4 Å². The maximum atomic E-state index is 10.3. The van der Waals surface area contributed by atoms with Gasteiger partial charge in [0, 0.05) is 0 Å². The molecule has 0 spiro atoms. The molecule has 1 fully saturated rings. The van der Waals surface area contributed by atoms with E-state index in [0.717, 1.165) is 0 Å². The highest BCUT2D eigenvalue weighted by atomic mass is 16.7. The van der Waals surface area contributed by atoms with Crippen LogP contribution in [-0.4, -0.2) is 18.3 Å². The molecule has 1 aliphatic heterocycles. The lowest BCUT2D eigenvalue weighted by Crippen LogP contribution is -2.34. The zero-order valence-electron chi connectivity index (χ0n) is 4.14. The Labute approximate surface area is 45.8 Å². The highest BCUT2D eigenvalue weighted by molar-refractivity contribution is 5.97. The van der Waals surface area contributed by atoms with E-state index < -0.39 is 5.97 Å². The first kappa shape index (κ1) is 5.24. The van der Waals surface area contributed by atoms with E-state index in [1.807, 2.05) is 0 Å². The summed E-state index contributed by atoms with van der Waals surface area (Å²) in [6.45, 7) is 0.145. The van der Waals surface area contributed by atoms with Crippen LogP contribution in [0.2, 0.25) is 0 Å². The van der Waals surface area contributed by atoms with Gasteiger partial charge in [-0.25, -0.2) is 4.79 Å². The van der Waals surface area contributed by atoms with E-state index in [9.17, 15) is 9.59 Å². The molecule has 1 saturated heterocycles. The Morgan fingerprint density at radius 3 is 2.62 bits per heavy atom. The zero-order chi connectivity index (χ0) is 5.98. The van der Waals surface area contributed by atoms with Gasteiger partial charge in [0.15, 0.2) is 5.78 Å². The Balaban J connectivity index is 2.45. The first-order valence-corrected chi connectivity index (χ1v) is 2.23. The van der Waals surface area contributed by atoms with E-state index in [1.54, 1.807) is 0 Å². The summed E-state index contributed by atoms with van der Waals surface area (Å²) in [7, 11) is 0. The zero-order valence-corrected chi connectivity index (χ0v) is 4.14. The molecule has 1 heterocycles. The van der Waals surface area contributed by atoms with Crippen LogP contribution in [0.5, 0.6) is 0 Å². The minimum atomic E-state index is -0.499. The molecule has 8 heavy (non-hydrogen) atoms. The molecule has 1 aliphatic rings. The van der Waals surface area contributed by atoms with E-state index in [0.29, 0.717) is 0 Å². The van der Waals surface area contributed by atoms with Crippen molar-refractivity contribution >= 4 is 11.8 Å². The van der Waals surface area contributed by atoms with E-state index in [1.165, 1.54) is 0 Å². The van der Waals surface area contributed by atoms with Crippen LogP contribution < -0.4 is 5.48 Å². The average molecular weight is 115 g/mol. The molecule has 0 aliphatic carbocycles. The van der Waals surface area contributed by atoms with Gasteiger partial charge in [-0.3, -0.25) is 4.79 Å². The smallest absolute Gasteiger partial charge is 0.332 e. The summed E-state index contributed by atoms with van der Waals surface area (Å²) in [5.74, 6) is -0.623. The van der Waals surface area contributed by atoms with Crippen LogP contribution >= 0.6 is 0 Å². The molecule has 1 N–H and O–H groups in total. The normalized spacial score (nSPS) is 20.5. The molecule has 0 bridgehead atoms. The van der Waals surface area contributed by atoms with Crippen LogP contribution in [-0.2, 0) is 14.4 Å². The molecule has 0 aromatic carbocycles. The Bertz CT molecular complexity index is 117. The van der Waals surface area contributed by atoms with Gasteiger partial charge in [-0.1, -0.05) is 0 Å². The van der Waals surface area contributed by atoms with E-state index in [2.05, 4.69) is 10.3 Å². The number of hydroxylamine groups is 1. The average Bonchev–Trinajstić information content (AvgIpc) is 1.64. The second-order valence-corrected chi connectivity index (χ2v) is 1.51. The van der Waals surface area contributed by atoms with E-state index >= 15 is 0 Å². The molecule has 4 nitrogen and oxygen atoms in total. The lowest BCUT2D eigenvalue weighted by molar-refractivity contribution is -0.158. The monoisotopic (exact) mass is 115 g/mol. The van der Waals surface area contributed by atoms with Crippen LogP contribution in [0.4, 0.5) is 0 Å². The van der Waals surface area contributed by atoms with Gasteiger partial charge in [0.1, 0.15) is 6.42 Å². The van der Waals surface area contributed by atoms with Crippen molar-refractivity contribution in [2.75, 3.05) is 6.54 Å². The quantitative estimate of drug-likeness (QED) is 0.412. The molecule has 0 aromatic heterocycles. The second-order valence-electron chi connectivity index (χ2n) is 1.51. The number of ketones is 1. The van der Waals surface area contributed by atoms with Gasteiger partial charge in [-0.2, -0.15) is 0 Å². The van der Waals surface area contributed by atoms with Gasteiger partial charge in [0.05, 0.1) is 6.54 Å². The van der Waals surface area contributed by atoms with Crippen molar-refractivity contribution in [2.24, 2.45) is 0 Å². The molecule has 1 rings (SSSR count). The number of nitrogens with one attached hydrogen (secondary N) is 1. The van der Waals surface area contributed by atoms with Crippen LogP contribution in [0, 0.1) is 0 Å². The minimum absolute atomic E-state index is 0.0903. The first-order valence-electron chi connectivity index (χ1n) is 2.23. The maximum absolute atomic E-state index is 10.3. The van der Waals surface area contributed by atoms with Crippen molar-refractivity contribution in [3.8, 4) is 0 Å². The first-order chi connectivity index (χ1) is 3.79. The number of carbonyl (C=O) groups is 2. The fraction of sp³-hybridized carbons (Fsp3) is 0.500. The molecular formula is C4H5NO3. The van der Waals surface area contributed by atoms with Crippen molar-refractivity contribution in [2.45, 2.75) is 6.42 Å². The molecule has 44 valence electrons. The third-order valence-corrected chi connectivity index (χ3v) is 0.797. The maximum Gasteiger partial charge on any atom is 0.332 e. The van der Waals surface area contributed by atoms with Gasteiger partial charge in [0.2, 0.25) is 0 Å².